The molecule has 0 spiro atoms. The van der Waals surface area contributed by atoms with Crippen molar-refractivity contribution >= 4 is 17.9 Å². The fourth-order valence-corrected chi connectivity index (χ4v) is 9.08. The van der Waals surface area contributed by atoms with Crippen LogP contribution in [-0.2, 0) is 28.6 Å². The molecule has 6 nitrogen and oxygen atoms in total. The van der Waals surface area contributed by atoms with E-state index in [9.17, 15) is 14.4 Å². The first kappa shape index (κ1) is 65.9. The molecule has 0 radical (unpaired) electrons. The highest BCUT2D eigenvalue weighted by Gasteiger charge is 2.19. The molecule has 0 rings (SSSR count). The molecule has 0 saturated carbocycles. The molecule has 0 saturated heterocycles. The van der Waals surface area contributed by atoms with Gasteiger partial charge >= 0.3 is 17.9 Å². The van der Waals surface area contributed by atoms with Gasteiger partial charge in [0.2, 0.25) is 0 Å². The average Bonchev–Trinajstić information content (AvgIpc) is 3.34. The zero-order chi connectivity index (χ0) is 49.3. The van der Waals surface area contributed by atoms with E-state index in [1.54, 1.807) is 0 Å². The van der Waals surface area contributed by atoms with Crippen LogP contribution in [0.2, 0.25) is 0 Å². The fraction of sp³-hybridized carbons (Fsp3) is 0.887. The number of hydrogen-bond donors (Lipinski definition) is 0. The van der Waals surface area contributed by atoms with E-state index in [2.05, 4.69) is 45.1 Å². The molecule has 6 heteroatoms. The predicted molar refractivity (Wildman–Crippen MR) is 293 cm³/mol. The van der Waals surface area contributed by atoms with E-state index in [1.807, 2.05) is 0 Å². The normalized spacial score (nSPS) is 12.1. The zero-order valence-corrected chi connectivity index (χ0v) is 45.9. The molecule has 0 heterocycles. The molecule has 1 unspecified atom stereocenters. The van der Waals surface area contributed by atoms with E-state index in [0.717, 1.165) is 64.2 Å². The minimum absolute atomic E-state index is 0.0703. The first-order valence-electron chi connectivity index (χ1n) is 30.3. The molecule has 0 aromatic rings. The third kappa shape index (κ3) is 54.8. The standard InChI is InChI=1S/C62H116O6/c1-4-7-10-13-16-19-21-23-25-27-28-29-30-31-32-33-34-35-37-38-40-43-46-49-52-55-61(64)67-58-59(57-66-60(63)54-51-48-45-42-18-15-12-9-6-3)68-62(65)56-53-50-47-44-41-39-36-26-24-22-20-17-14-11-8-5-2/h26-28,36,59H,4-25,29-35,37-58H2,1-3H3/b28-27-,36-26-. The van der Waals surface area contributed by atoms with Gasteiger partial charge in [-0.15, -0.1) is 0 Å². The van der Waals surface area contributed by atoms with Crippen molar-refractivity contribution in [2.24, 2.45) is 0 Å². The van der Waals surface area contributed by atoms with E-state index in [4.69, 9.17) is 14.2 Å². The van der Waals surface area contributed by atoms with Crippen molar-refractivity contribution in [3.05, 3.63) is 24.3 Å². The largest absolute Gasteiger partial charge is 0.462 e. The van der Waals surface area contributed by atoms with Crippen LogP contribution in [0.15, 0.2) is 24.3 Å². The summed E-state index contributed by atoms with van der Waals surface area (Å²) in [6, 6.07) is 0. The van der Waals surface area contributed by atoms with Gasteiger partial charge in [-0.2, -0.15) is 0 Å². The summed E-state index contributed by atoms with van der Waals surface area (Å²) in [5.41, 5.74) is 0. The second kappa shape index (κ2) is 57.5. The highest BCUT2D eigenvalue weighted by atomic mass is 16.6. The summed E-state index contributed by atoms with van der Waals surface area (Å²) in [5.74, 6) is -0.862. The van der Waals surface area contributed by atoms with E-state index >= 15 is 0 Å². The second-order valence-corrected chi connectivity index (χ2v) is 20.6. The Bertz CT molecular complexity index is 1100. The summed E-state index contributed by atoms with van der Waals surface area (Å²) in [6.07, 6.45) is 67.6. The Labute approximate surface area is 423 Å². The summed E-state index contributed by atoms with van der Waals surface area (Å²) >= 11 is 0. The van der Waals surface area contributed by atoms with E-state index in [0.29, 0.717) is 19.3 Å². The Morgan fingerprint density at radius 3 is 0.735 bits per heavy atom. The number of carbonyl (C=O) groups excluding carboxylic acids is 3. The van der Waals surface area contributed by atoms with Gasteiger partial charge in [-0.25, -0.2) is 0 Å². The second-order valence-electron chi connectivity index (χ2n) is 20.6. The van der Waals surface area contributed by atoms with Gasteiger partial charge in [0.1, 0.15) is 13.2 Å². The van der Waals surface area contributed by atoms with Crippen molar-refractivity contribution in [2.75, 3.05) is 13.2 Å². The molecule has 0 aliphatic rings. The third-order valence-electron chi connectivity index (χ3n) is 13.7. The van der Waals surface area contributed by atoms with Crippen molar-refractivity contribution in [3.63, 3.8) is 0 Å². The molecule has 0 aliphatic heterocycles. The molecule has 0 aromatic heterocycles. The number of carbonyl (C=O) groups is 3. The number of ether oxygens (including phenoxy) is 3. The monoisotopic (exact) mass is 957 g/mol. The maximum atomic E-state index is 12.8. The minimum atomic E-state index is -0.771. The van der Waals surface area contributed by atoms with Crippen molar-refractivity contribution in [3.8, 4) is 0 Å². The lowest BCUT2D eigenvalue weighted by molar-refractivity contribution is -0.167. The van der Waals surface area contributed by atoms with Gasteiger partial charge in [0.25, 0.3) is 0 Å². The van der Waals surface area contributed by atoms with Gasteiger partial charge in [-0.3, -0.25) is 14.4 Å². The van der Waals surface area contributed by atoms with E-state index < -0.39 is 6.10 Å². The molecule has 0 fully saturated rings. The van der Waals surface area contributed by atoms with Crippen LogP contribution < -0.4 is 0 Å². The lowest BCUT2D eigenvalue weighted by Gasteiger charge is -2.18. The zero-order valence-electron chi connectivity index (χ0n) is 45.9. The number of hydrogen-bond acceptors (Lipinski definition) is 6. The van der Waals surface area contributed by atoms with Crippen LogP contribution in [0.5, 0.6) is 0 Å². The van der Waals surface area contributed by atoms with Gasteiger partial charge in [0, 0.05) is 19.3 Å². The SMILES string of the molecule is CCCCCCCCC/C=C\CCCCCCCC(=O)OC(COC(=O)CCCCCCCCCCC)COC(=O)CCCCCCCCCCCCCCC/C=C\CCCCCCCCCC. The molecule has 0 aromatic carbocycles. The highest BCUT2D eigenvalue weighted by Crippen LogP contribution is 2.17. The maximum absolute atomic E-state index is 12.8. The van der Waals surface area contributed by atoms with Crippen LogP contribution in [0.3, 0.4) is 0 Å². The Kier molecular flexibility index (Phi) is 55.7. The summed E-state index contributed by atoms with van der Waals surface area (Å²) in [4.78, 5) is 38.1. The van der Waals surface area contributed by atoms with Crippen LogP contribution in [-0.4, -0.2) is 37.2 Å². The quantitative estimate of drug-likeness (QED) is 0.0262. The summed E-state index contributed by atoms with van der Waals surface area (Å²) < 4.78 is 16.8. The summed E-state index contributed by atoms with van der Waals surface area (Å²) in [6.45, 7) is 6.66. The molecule has 0 amide bonds. The topological polar surface area (TPSA) is 78.9 Å². The van der Waals surface area contributed by atoms with E-state index in [1.165, 1.54) is 231 Å². The number of allylic oxidation sites excluding steroid dienone is 4. The van der Waals surface area contributed by atoms with Gasteiger partial charge in [0.15, 0.2) is 6.10 Å². The number of rotatable bonds is 56. The van der Waals surface area contributed by atoms with Crippen LogP contribution in [0, 0.1) is 0 Å². The van der Waals surface area contributed by atoms with Gasteiger partial charge in [0.05, 0.1) is 0 Å². The smallest absolute Gasteiger partial charge is 0.306 e. The van der Waals surface area contributed by atoms with E-state index in [-0.39, 0.29) is 31.1 Å². The lowest BCUT2D eigenvalue weighted by Crippen LogP contribution is -2.30. The van der Waals surface area contributed by atoms with Crippen molar-refractivity contribution in [1.82, 2.24) is 0 Å². The molecule has 0 N–H and O–H groups in total. The molecule has 1 atom stereocenters. The molecule has 0 aliphatic carbocycles. The fourth-order valence-electron chi connectivity index (χ4n) is 9.08. The van der Waals surface area contributed by atoms with Crippen LogP contribution in [0.4, 0.5) is 0 Å². The number of esters is 3. The highest BCUT2D eigenvalue weighted by molar-refractivity contribution is 5.71. The molecule has 68 heavy (non-hydrogen) atoms. The Balaban J connectivity index is 4.16. The summed E-state index contributed by atoms with van der Waals surface area (Å²) in [5, 5.41) is 0. The van der Waals surface area contributed by atoms with Gasteiger partial charge < -0.3 is 14.2 Å². The molecular formula is C62H116O6. The Morgan fingerprint density at radius 2 is 0.485 bits per heavy atom. The van der Waals surface area contributed by atoms with Crippen molar-refractivity contribution in [2.45, 2.75) is 341 Å². The molecule has 400 valence electrons. The third-order valence-corrected chi connectivity index (χ3v) is 13.7. The summed E-state index contributed by atoms with van der Waals surface area (Å²) in [7, 11) is 0. The first-order chi connectivity index (χ1) is 33.5. The van der Waals surface area contributed by atoms with Gasteiger partial charge in [-0.05, 0) is 70.6 Å². The number of unbranched alkanes of at least 4 members (excludes halogenated alkanes) is 41. The maximum Gasteiger partial charge on any atom is 0.306 e. The minimum Gasteiger partial charge on any atom is -0.462 e. The lowest BCUT2D eigenvalue weighted by atomic mass is 10.0. The predicted octanol–water partition coefficient (Wildman–Crippen LogP) is 20.3. The first-order valence-corrected chi connectivity index (χ1v) is 30.3. The molecular weight excluding hydrogens is 841 g/mol. The van der Waals surface area contributed by atoms with Crippen LogP contribution >= 0.6 is 0 Å². The average molecular weight is 958 g/mol. The Morgan fingerprint density at radius 1 is 0.279 bits per heavy atom. The van der Waals surface area contributed by atoms with Crippen LogP contribution in [0.25, 0.3) is 0 Å². The van der Waals surface area contributed by atoms with Gasteiger partial charge in [-0.1, -0.05) is 270 Å². The van der Waals surface area contributed by atoms with Crippen molar-refractivity contribution in [1.29, 1.82) is 0 Å². The van der Waals surface area contributed by atoms with Crippen LogP contribution in [0.1, 0.15) is 335 Å². The Hall–Kier alpha value is -2.11. The van der Waals surface area contributed by atoms with Crippen molar-refractivity contribution < 1.29 is 28.6 Å². The molecule has 0 bridgehead atoms.